The predicted octanol–water partition coefficient (Wildman–Crippen LogP) is 4.53. The zero-order valence-electron chi connectivity index (χ0n) is 13.0. The molecule has 3 aromatic rings. The van der Waals surface area contributed by atoms with Crippen molar-refractivity contribution >= 4 is 10.9 Å². The van der Waals surface area contributed by atoms with Crippen LogP contribution in [0.3, 0.4) is 0 Å². The van der Waals surface area contributed by atoms with Crippen LogP contribution in [0.1, 0.15) is 16.7 Å². The molecule has 3 nitrogen and oxygen atoms in total. The fraction of sp³-hybridized carbons (Fsp3) is 0.211. The van der Waals surface area contributed by atoms with E-state index in [9.17, 15) is 5.26 Å². The van der Waals surface area contributed by atoms with Gasteiger partial charge in [-0.1, -0.05) is 17.7 Å². The topological polar surface area (TPSA) is 48.8 Å². The molecule has 1 aromatic heterocycles. The molecule has 0 atom stereocenters. The number of hydrogen-bond acceptors (Lipinski definition) is 2. The molecule has 0 unspecified atom stereocenters. The van der Waals surface area contributed by atoms with E-state index in [0.29, 0.717) is 6.42 Å². The molecular weight excluding hydrogens is 272 g/mol. The van der Waals surface area contributed by atoms with Crippen molar-refractivity contribution in [3.63, 3.8) is 0 Å². The Morgan fingerprint density at radius 1 is 1.14 bits per heavy atom. The second kappa shape index (κ2) is 5.57. The first kappa shape index (κ1) is 14.2. The molecular formula is C19H18N2O. The minimum absolute atomic E-state index is 0.371. The summed E-state index contributed by atoms with van der Waals surface area (Å²) in [6.07, 6.45) is 0.371. The van der Waals surface area contributed by atoms with E-state index in [1.165, 1.54) is 11.1 Å². The molecule has 0 aliphatic carbocycles. The summed E-state index contributed by atoms with van der Waals surface area (Å²) in [6, 6.07) is 14.6. The molecule has 110 valence electrons. The standard InChI is InChI=1S/C19H18N2O/c1-12-4-5-13(2)16(10-12)19-15(8-9-20)17-11-14(22-3)6-7-18(17)21-19/h4-7,10-11,21H,8H2,1-3H3. The van der Waals surface area contributed by atoms with Crippen molar-refractivity contribution in [2.24, 2.45) is 0 Å². The van der Waals surface area contributed by atoms with Gasteiger partial charge < -0.3 is 9.72 Å². The van der Waals surface area contributed by atoms with Crippen molar-refractivity contribution in [1.82, 2.24) is 4.98 Å². The molecule has 0 fully saturated rings. The third-order valence-electron chi connectivity index (χ3n) is 4.03. The number of nitrogens with zero attached hydrogens (tertiary/aromatic N) is 1. The number of aromatic amines is 1. The van der Waals surface area contributed by atoms with Crippen LogP contribution in [0.2, 0.25) is 0 Å². The van der Waals surface area contributed by atoms with Gasteiger partial charge in [-0.05, 0) is 49.2 Å². The largest absolute Gasteiger partial charge is 0.497 e. The minimum Gasteiger partial charge on any atom is -0.497 e. The van der Waals surface area contributed by atoms with Gasteiger partial charge in [0, 0.05) is 16.5 Å². The maximum atomic E-state index is 9.22. The Morgan fingerprint density at radius 3 is 2.68 bits per heavy atom. The van der Waals surface area contributed by atoms with Crippen LogP contribution in [0.5, 0.6) is 5.75 Å². The van der Waals surface area contributed by atoms with Crippen molar-refractivity contribution < 1.29 is 4.74 Å². The molecule has 0 aliphatic rings. The highest BCUT2D eigenvalue weighted by Crippen LogP contribution is 2.34. The molecule has 0 saturated carbocycles. The molecule has 3 heteroatoms. The maximum absolute atomic E-state index is 9.22. The average Bonchev–Trinajstić information content (AvgIpc) is 2.88. The van der Waals surface area contributed by atoms with E-state index < -0.39 is 0 Å². The summed E-state index contributed by atoms with van der Waals surface area (Å²) >= 11 is 0. The monoisotopic (exact) mass is 290 g/mol. The lowest BCUT2D eigenvalue weighted by Gasteiger charge is -2.07. The highest BCUT2D eigenvalue weighted by molar-refractivity contribution is 5.92. The number of rotatable bonds is 3. The summed E-state index contributed by atoms with van der Waals surface area (Å²) < 4.78 is 5.32. The van der Waals surface area contributed by atoms with E-state index >= 15 is 0 Å². The lowest BCUT2D eigenvalue weighted by molar-refractivity contribution is 0.415. The van der Waals surface area contributed by atoms with Gasteiger partial charge in [0.25, 0.3) is 0 Å². The van der Waals surface area contributed by atoms with E-state index in [2.05, 4.69) is 43.1 Å². The number of ether oxygens (including phenoxy) is 1. The number of H-pyrrole nitrogens is 1. The van der Waals surface area contributed by atoms with Gasteiger partial charge in [0.1, 0.15) is 5.75 Å². The molecule has 0 amide bonds. The lowest BCUT2D eigenvalue weighted by Crippen LogP contribution is -1.90. The second-order valence-electron chi connectivity index (χ2n) is 5.54. The second-order valence-corrected chi connectivity index (χ2v) is 5.54. The van der Waals surface area contributed by atoms with E-state index in [4.69, 9.17) is 4.74 Å². The summed E-state index contributed by atoms with van der Waals surface area (Å²) in [4.78, 5) is 3.48. The third kappa shape index (κ3) is 2.33. The number of benzene rings is 2. The van der Waals surface area contributed by atoms with Gasteiger partial charge in [0.2, 0.25) is 0 Å². The van der Waals surface area contributed by atoms with Crippen LogP contribution < -0.4 is 4.74 Å². The predicted molar refractivity (Wildman–Crippen MR) is 89.1 cm³/mol. The third-order valence-corrected chi connectivity index (χ3v) is 4.03. The molecule has 1 heterocycles. The van der Waals surface area contributed by atoms with Gasteiger partial charge in [0.15, 0.2) is 0 Å². The molecule has 2 aromatic carbocycles. The first-order valence-corrected chi connectivity index (χ1v) is 7.27. The van der Waals surface area contributed by atoms with Crippen LogP contribution in [0.4, 0.5) is 0 Å². The highest BCUT2D eigenvalue weighted by atomic mass is 16.5. The number of nitriles is 1. The summed E-state index contributed by atoms with van der Waals surface area (Å²) in [7, 11) is 1.66. The molecule has 0 spiro atoms. The van der Waals surface area contributed by atoms with Crippen molar-refractivity contribution in [3.8, 4) is 23.1 Å². The van der Waals surface area contributed by atoms with Crippen molar-refractivity contribution in [3.05, 3.63) is 53.1 Å². The van der Waals surface area contributed by atoms with Crippen molar-refractivity contribution in [2.75, 3.05) is 7.11 Å². The van der Waals surface area contributed by atoms with E-state index in [1.54, 1.807) is 7.11 Å². The first-order valence-electron chi connectivity index (χ1n) is 7.27. The van der Waals surface area contributed by atoms with Crippen molar-refractivity contribution in [2.45, 2.75) is 20.3 Å². The fourth-order valence-corrected chi connectivity index (χ4v) is 2.85. The van der Waals surface area contributed by atoms with E-state index in [1.807, 2.05) is 18.2 Å². The average molecular weight is 290 g/mol. The quantitative estimate of drug-likeness (QED) is 0.770. The number of nitrogens with one attached hydrogen (secondary N) is 1. The van der Waals surface area contributed by atoms with Gasteiger partial charge >= 0.3 is 0 Å². The lowest BCUT2D eigenvalue weighted by atomic mass is 9.98. The fourth-order valence-electron chi connectivity index (χ4n) is 2.85. The summed E-state index contributed by atoms with van der Waals surface area (Å²) in [6.45, 7) is 4.18. The normalized spacial score (nSPS) is 10.6. The van der Waals surface area contributed by atoms with Crippen LogP contribution in [0.25, 0.3) is 22.2 Å². The van der Waals surface area contributed by atoms with Gasteiger partial charge in [0.05, 0.1) is 25.3 Å². The summed E-state index contributed by atoms with van der Waals surface area (Å²) in [5, 5.41) is 10.3. The van der Waals surface area contributed by atoms with Gasteiger partial charge in [-0.15, -0.1) is 0 Å². The molecule has 0 saturated heterocycles. The van der Waals surface area contributed by atoms with Gasteiger partial charge in [-0.2, -0.15) is 5.26 Å². The van der Waals surface area contributed by atoms with E-state index in [-0.39, 0.29) is 0 Å². The summed E-state index contributed by atoms with van der Waals surface area (Å²) in [5.74, 6) is 0.804. The number of aromatic nitrogens is 1. The van der Waals surface area contributed by atoms with Crippen molar-refractivity contribution in [1.29, 1.82) is 5.26 Å². The minimum atomic E-state index is 0.371. The van der Waals surface area contributed by atoms with E-state index in [0.717, 1.165) is 33.5 Å². The first-order chi connectivity index (χ1) is 10.6. The zero-order chi connectivity index (χ0) is 15.7. The number of methoxy groups -OCH3 is 1. The summed E-state index contributed by atoms with van der Waals surface area (Å²) in [5.41, 5.74) is 6.65. The number of aryl methyl sites for hydroxylation is 2. The van der Waals surface area contributed by atoms with Crippen LogP contribution in [0.15, 0.2) is 36.4 Å². The van der Waals surface area contributed by atoms with Gasteiger partial charge in [-0.3, -0.25) is 0 Å². The Bertz CT molecular complexity index is 884. The Labute approximate surface area is 130 Å². The Kier molecular flexibility index (Phi) is 3.60. The van der Waals surface area contributed by atoms with Crippen LogP contribution in [-0.2, 0) is 6.42 Å². The number of fused-ring (bicyclic) bond motifs is 1. The SMILES string of the molecule is COc1ccc2[nH]c(-c3cc(C)ccc3C)c(CC#N)c2c1. The van der Waals surface area contributed by atoms with Crippen LogP contribution in [0, 0.1) is 25.2 Å². The molecule has 22 heavy (non-hydrogen) atoms. The molecule has 0 radical (unpaired) electrons. The van der Waals surface area contributed by atoms with Gasteiger partial charge in [-0.25, -0.2) is 0 Å². The smallest absolute Gasteiger partial charge is 0.119 e. The van der Waals surface area contributed by atoms with Crippen LogP contribution >= 0.6 is 0 Å². The molecule has 0 bridgehead atoms. The Morgan fingerprint density at radius 2 is 1.95 bits per heavy atom. The molecule has 3 rings (SSSR count). The Hall–Kier alpha value is -2.73. The maximum Gasteiger partial charge on any atom is 0.119 e. The number of hydrogen-bond donors (Lipinski definition) is 1. The molecule has 1 N–H and O–H groups in total. The highest BCUT2D eigenvalue weighted by Gasteiger charge is 2.15. The van der Waals surface area contributed by atoms with Crippen LogP contribution in [-0.4, -0.2) is 12.1 Å². The molecule has 0 aliphatic heterocycles. The zero-order valence-corrected chi connectivity index (χ0v) is 13.0. The Balaban J connectivity index is 2.31.